The quantitative estimate of drug-likeness (QED) is 0.636. The summed E-state index contributed by atoms with van der Waals surface area (Å²) in [6, 6.07) is 14.2. The van der Waals surface area contributed by atoms with E-state index in [2.05, 4.69) is 40.0 Å². The molecule has 0 saturated carbocycles. The zero-order valence-corrected chi connectivity index (χ0v) is 15.6. The highest BCUT2D eigenvalue weighted by Crippen LogP contribution is 2.12. The maximum Gasteiger partial charge on any atom is 0.244 e. The van der Waals surface area contributed by atoms with Crippen molar-refractivity contribution in [3.05, 3.63) is 52.7 Å². The molecule has 1 aromatic carbocycles. The van der Waals surface area contributed by atoms with Gasteiger partial charge in [-0.15, -0.1) is 11.3 Å². The number of piperazine rings is 1. The second-order valence-electron chi connectivity index (χ2n) is 6.43. The number of rotatable bonds is 6. The first-order chi connectivity index (χ1) is 12.7. The molecule has 1 fully saturated rings. The number of thiophene rings is 1. The van der Waals surface area contributed by atoms with E-state index in [1.807, 2.05) is 23.6 Å². The summed E-state index contributed by atoms with van der Waals surface area (Å²) in [4.78, 5) is 28.5. The van der Waals surface area contributed by atoms with Crippen LogP contribution >= 0.6 is 11.3 Å². The Hall–Kier alpha value is -2.38. The van der Waals surface area contributed by atoms with E-state index in [0.717, 1.165) is 37.6 Å². The van der Waals surface area contributed by atoms with Gasteiger partial charge in [0.05, 0.1) is 45.6 Å². The van der Waals surface area contributed by atoms with Gasteiger partial charge in [0.15, 0.2) is 0 Å². The molecule has 7 heteroatoms. The van der Waals surface area contributed by atoms with Gasteiger partial charge >= 0.3 is 0 Å². The maximum absolute atomic E-state index is 11.9. The number of hydrogen-bond donors (Lipinski definition) is 3. The summed E-state index contributed by atoms with van der Waals surface area (Å²) < 4.78 is 0. The Labute approximate surface area is 157 Å². The molecule has 1 aliphatic rings. The van der Waals surface area contributed by atoms with Gasteiger partial charge in [-0.05, 0) is 23.6 Å². The predicted molar refractivity (Wildman–Crippen MR) is 103 cm³/mol. The minimum Gasteiger partial charge on any atom is -0.360 e. The van der Waals surface area contributed by atoms with Crippen molar-refractivity contribution in [2.45, 2.75) is 12.8 Å². The first-order valence-corrected chi connectivity index (χ1v) is 9.82. The van der Waals surface area contributed by atoms with Gasteiger partial charge < -0.3 is 9.80 Å². The summed E-state index contributed by atoms with van der Waals surface area (Å²) in [5.74, 6) is -0.327. The molecular weight excluding hydrogens is 348 g/mol. The van der Waals surface area contributed by atoms with Gasteiger partial charge in [0.2, 0.25) is 11.8 Å². The molecule has 1 aromatic heterocycles. The third-order valence-corrected chi connectivity index (χ3v) is 5.43. The summed E-state index contributed by atoms with van der Waals surface area (Å²) in [6.45, 7) is 4.83. The number of hydrazine groups is 1. The van der Waals surface area contributed by atoms with Crippen molar-refractivity contribution in [1.29, 1.82) is 0 Å². The third-order valence-electron chi connectivity index (χ3n) is 4.55. The maximum atomic E-state index is 11.9. The molecule has 0 unspecified atom stereocenters. The van der Waals surface area contributed by atoms with Gasteiger partial charge in [0.1, 0.15) is 0 Å². The molecule has 3 N–H and O–H groups in total. The molecule has 1 aliphatic heterocycles. The van der Waals surface area contributed by atoms with Crippen LogP contribution in [0.2, 0.25) is 0 Å². The van der Waals surface area contributed by atoms with Crippen molar-refractivity contribution in [2.24, 2.45) is 0 Å². The molecule has 26 heavy (non-hydrogen) atoms. The summed E-state index contributed by atoms with van der Waals surface area (Å²) in [7, 11) is 0. The Morgan fingerprint density at radius 2 is 1.73 bits per heavy atom. The van der Waals surface area contributed by atoms with Crippen LogP contribution < -0.4 is 20.7 Å². The second-order valence-corrected chi connectivity index (χ2v) is 7.46. The van der Waals surface area contributed by atoms with Crippen molar-refractivity contribution in [1.82, 2.24) is 10.9 Å². The number of benzene rings is 1. The lowest BCUT2D eigenvalue weighted by molar-refractivity contribution is -0.900. The number of hydrogen-bond acceptors (Lipinski definition) is 4. The Balaban J connectivity index is 1.31. The minimum atomic E-state index is -0.190. The monoisotopic (exact) mass is 373 g/mol. The lowest BCUT2D eigenvalue weighted by atomic mass is 10.2. The Morgan fingerprint density at radius 1 is 1.00 bits per heavy atom. The van der Waals surface area contributed by atoms with E-state index in [4.69, 9.17) is 0 Å². The van der Waals surface area contributed by atoms with E-state index in [1.165, 1.54) is 21.9 Å². The molecule has 0 atom stereocenters. The fraction of sp³-hybridized carbons (Fsp3) is 0.368. The molecule has 2 aromatic rings. The predicted octanol–water partition coefficient (Wildman–Crippen LogP) is 0.233. The first-order valence-electron chi connectivity index (χ1n) is 8.94. The van der Waals surface area contributed by atoms with Crippen molar-refractivity contribution in [3.8, 4) is 0 Å². The normalized spacial score (nSPS) is 14.8. The molecule has 6 nitrogen and oxygen atoms in total. The fourth-order valence-electron chi connectivity index (χ4n) is 3.08. The van der Waals surface area contributed by atoms with E-state index in [0.29, 0.717) is 12.8 Å². The van der Waals surface area contributed by atoms with Gasteiger partial charge in [-0.1, -0.05) is 24.3 Å². The molecule has 3 rings (SSSR count). The lowest BCUT2D eigenvalue weighted by Crippen LogP contribution is -3.15. The van der Waals surface area contributed by atoms with Crippen LogP contribution in [0.3, 0.4) is 0 Å². The van der Waals surface area contributed by atoms with Crippen LogP contribution in [0, 0.1) is 0 Å². The average molecular weight is 374 g/mol. The summed E-state index contributed by atoms with van der Waals surface area (Å²) in [6.07, 6.45) is 0.713. The SMILES string of the molecule is O=C(CC[NH+]1CCN(c2ccccc2)CC1)NNC(=O)Cc1cccs1. The van der Waals surface area contributed by atoms with Crippen molar-refractivity contribution in [2.75, 3.05) is 37.6 Å². The number of amides is 2. The van der Waals surface area contributed by atoms with Crippen LogP contribution in [-0.2, 0) is 16.0 Å². The van der Waals surface area contributed by atoms with Gasteiger partial charge in [-0.3, -0.25) is 20.4 Å². The molecular formula is C19H25N4O2S+. The lowest BCUT2D eigenvalue weighted by Gasteiger charge is -2.33. The number of anilines is 1. The Bertz CT molecular complexity index is 698. The molecule has 2 heterocycles. The largest absolute Gasteiger partial charge is 0.360 e. The van der Waals surface area contributed by atoms with Crippen LogP contribution in [0.15, 0.2) is 47.8 Å². The molecule has 0 spiro atoms. The number of para-hydroxylation sites is 1. The van der Waals surface area contributed by atoms with Crippen LogP contribution in [0.1, 0.15) is 11.3 Å². The molecule has 0 radical (unpaired) electrons. The van der Waals surface area contributed by atoms with Gasteiger partial charge in [-0.25, -0.2) is 0 Å². The summed E-state index contributed by atoms with van der Waals surface area (Å²) in [5.41, 5.74) is 6.26. The van der Waals surface area contributed by atoms with Crippen LogP contribution in [0.25, 0.3) is 0 Å². The third kappa shape index (κ3) is 5.57. The van der Waals surface area contributed by atoms with E-state index in [1.54, 1.807) is 0 Å². The first kappa shape index (κ1) is 18.4. The minimum absolute atomic E-state index is 0.137. The van der Waals surface area contributed by atoms with Crippen molar-refractivity contribution in [3.63, 3.8) is 0 Å². The number of nitrogens with zero attached hydrogens (tertiary/aromatic N) is 1. The Kier molecular flexibility index (Phi) is 6.62. The average Bonchev–Trinajstić information content (AvgIpc) is 3.19. The summed E-state index contributed by atoms with van der Waals surface area (Å²) in [5, 5.41) is 1.93. The Morgan fingerprint density at radius 3 is 2.42 bits per heavy atom. The van der Waals surface area contributed by atoms with Gasteiger partial charge in [-0.2, -0.15) is 0 Å². The van der Waals surface area contributed by atoms with E-state index in [9.17, 15) is 9.59 Å². The van der Waals surface area contributed by atoms with Crippen LogP contribution in [0.4, 0.5) is 5.69 Å². The highest BCUT2D eigenvalue weighted by molar-refractivity contribution is 7.10. The van der Waals surface area contributed by atoms with Gasteiger partial charge in [0.25, 0.3) is 0 Å². The summed E-state index contributed by atoms with van der Waals surface area (Å²) >= 11 is 1.53. The smallest absolute Gasteiger partial charge is 0.244 e. The number of quaternary nitrogens is 1. The second kappa shape index (κ2) is 9.35. The molecule has 0 bridgehead atoms. The standard InChI is InChI=1S/C19H24N4O2S/c24-18(20-21-19(25)15-17-7-4-14-26-17)8-9-22-10-12-23(13-11-22)16-5-2-1-3-6-16/h1-7,14H,8-13,15H2,(H,20,24)(H,21,25)/p+1. The zero-order chi connectivity index (χ0) is 18.2. The van der Waals surface area contributed by atoms with E-state index < -0.39 is 0 Å². The molecule has 138 valence electrons. The van der Waals surface area contributed by atoms with E-state index in [-0.39, 0.29) is 11.8 Å². The van der Waals surface area contributed by atoms with Crippen LogP contribution in [-0.4, -0.2) is 44.5 Å². The van der Waals surface area contributed by atoms with Crippen LogP contribution in [0.5, 0.6) is 0 Å². The molecule has 0 aliphatic carbocycles. The number of carbonyl (C=O) groups is 2. The van der Waals surface area contributed by atoms with E-state index >= 15 is 0 Å². The molecule has 1 saturated heterocycles. The highest BCUT2D eigenvalue weighted by Gasteiger charge is 2.20. The number of carbonyl (C=O) groups excluding carboxylic acids is 2. The topological polar surface area (TPSA) is 65.9 Å². The fourth-order valence-corrected chi connectivity index (χ4v) is 3.78. The number of nitrogens with one attached hydrogen (secondary N) is 3. The van der Waals surface area contributed by atoms with Crippen molar-refractivity contribution < 1.29 is 14.5 Å². The van der Waals surface area contributed by atoms with Crippen molar-refractivity contribution >= 4 is 28.8 Å². The van der Waals surface area contributed by atoms with Gasteiger partial charge in [0, 0.05) is 10.6 Å². The highest BCUT2D eigenvalue weighted by atomic mass is 32.1. The zero-order valence-electron chi connectivity index (χ0n) is 14.7. The molecule has 2 amide bonds.